The molecule has 0 bridgehead atoms. The van der Waals surface area contributed by atoms with Gasteiger partial charge in [0.1, 0.15) is 11.5 Å². The lowest BCUT2D eigenvalue weighted by atomic mass is 10.3. The van der Waals surface area contributed by atoms with Crippen LogP contribution in [-0.2, 0) is 4.79 Å². The molecule has 1 atom stereocenters. The van der Waals surface area contributed by atoms with Gasteiger partial charge in [0.25, 0.3) is 5.91 Å². The first kappa shape index (κ1) is 12.7. The topological polar surface area (TPSA) is 59.0 Å². The van der Waals surface area contributed by atoms with Crippen molar-refractivity contribution in [3.05, 3.63) is 24.3 Å². The number of ether oxygens (including phenoxy) is 2. The number of carbonyl (C=O) groups excluding carboxylic acids is 1. The maximum absolute atomic E-state index is 11.8. The van der Waals surface area contributed by atoms with E-state index < -0.39 is 6.10 Å². The van der Waals surface area contributed by atoms with E-state index in [1.54, 1.807) is 36.3 Å². The molecular weight excluding hydrogens is 234 g/mol. The van der Waals surface area contributed by atoms with Crippen molar-refractivity contribution in [3.63, 3.8) is 0 Å². The standard InChI is InChI=1S/C13H17NO4/c1-17-11-2-4-12(5-3-11)18-9-13(16)14-7-6-10(15)8-14/h2-5,10,15H,6-9H2,1H3. The molecule has 2 rings (SSSR count). The Morgan fingerprint density at radius 1 is 1.39 bits per heavy atom. The van der Waals surface area contributed by atoms with Crippen molar-refractivity contribution in [2.75, 3.05) is 26.8 Å². The maximum Gasteiger partial charge on any atom is 0.260 e. The lowest BCUT2D eigenvalue weighted by Crippen LogP contribution is -2.33. The van der Waals surface area contributed by atoms with Gasteiger partial charge < -0.3 is 19.5 Å². The summed E-state index contributed by atoms with van der Waals surface area (Å²) in [4.78, 5) is 13.4. The van der Waals surface area contributed by atoms with Crippen molar-refractivity contribution < 1.29 is 19.4 Å². The number of likely N-dealkylation sites (tertiary alicyclic amines) is 1. The Balaban J connectivity index is 1.81. The number of amides is 1. The van der Waals surface area contributed by atoms with Gasteiger partial charge >= 0.3 is 0 Å². The molecule has 1 aromatic rings. The molecule has 1 fully saturated rings. The number of methoxy groups -OCH3 is 1. The van der Waals surface area contributed by atoms with Crippen molar-refractivity contribution in [3.8, 4) is 11.5 Å². The Kier molecular flexibility index (Phi) is 4.04. The molecule has 0 spiro atoms. The smallest absolute Gasteiger partial charge is 0.260 e. The van der Waals surface area contributed by atoms with E-state index in [4.69, 9.17) is 9.47 Å². The molecule has 1 N–H and O–H groups in total. The van der Waals surface area contributed by atoms with Crippen molar-refractivity contribution in [2.24, 2.45) is 0 Å². The summed E-state index contributed by atoms with van der Waals surface area (Å²) in [5.74, 6) is 1.28. The molecule has 18 heavy (non-hydrogen) atoms. The minimum atomic E-state index is -0.394. The summed E-state index contributed by atoms with van der Waals surface area (Å²) in [7, 11) is 1.60. The minimum Gasteiger partial charge on any atom is -0.497 e. The third kappa shape index (κ3) is 3.13. The second-order valence-corrected chi connectivity index (χ2v) is 4.25. The minimum absolute atomic E-state index is 0.000944. The molecule has 1 saturated heterocycles. The lowest BCUT2D eigenvalue weighted by Gasteiger charge is -2.15. The molecule has 0 saturated carbocycles. The predicted molar refractivity (Wildman–Crippen MR) is 65.7 cm³/mol. The Hall–Kier alpha value is -1.75. The molecule has 1 unspecified atom stereocenters. The van der Waals surface area contributed by atoms with Crippen LogP contribution in [0, 0.1) is 0 Å². The van der Waals surface area contributed by atoms with Crippen LogP contribution in [0.5, 0.6) is 11.5 Å². The van der Waals surface area contributed by atoms with E-state index in [1.165, 1.54) is 0 Å². The van der Waals surface area contributed by atoms with Crippen molar-refractivity contribution in [2.45, 2.75) is 12.5 Å². The van der Waals surface area contributed by atoms with Gasteiger partial charge in [-0.1, -0.05) is 0 Å². The largest absolute Gasteiger partial charge is 0.497 e. The van der Waals surface area contributed by atoms with Crippen LogP contribution in [0.3, 0.4) is 0 Å². The normalized spacial score (nSPS) is 18.8. The van der Waals surface area contributed by atoms with Gasteiger partial charge in [-0.3, -0.25) is 4.79 Å². The molecule has 0 aromatic heterocycles. The second-order valence-electron chi connectivity index (χ2n) is 4.25. The van der Waals surface area contributed by atoms with Crippen molar-refractivity contribution in [1.82, 2.24) is 4.90 Å². The Bertz CT molecular complexity index is 404. The molecule has 98 valence electrons. The molecule has 0 aliphatic carbocycles. The van der Waals surface area contributed by atoms with Gasteiger partial charge in [0.2, 0.25) is 0 Å². The lowest BCUT2D eigenvalue weighted by molar-refractivity contribution is -0.132. The summed E-state index contributed by atoms with van der Waals surface area (Å²) in [6.45, 7) is 1.01. The van der Waals surface area contributed by atoms with Crippen molar-refractivity contribution in [1.29, 1.82) is 0 Å². The van der Waals surface area contributed by atoms with Crippen LogP contribution >= 0.6 is 0 Å². The van der Waals surface area contributed by atoms with Gasteiger partial charge in [0.05, 0.1) is 13.2 Å². The zero-order chi connectivity index (χ0) is 13.0. The highest BCUT2D eigenvalue weighted by Crippen LogP contribution is 2.17. The maximum atomic E-state index is 11.8. The van der Waals surface area contributed by atoms with Crippen LogP contribution in [0.25, 0.3) is 0 Å². The summed E-state index contributed by atoms with van der Waals surface area (Å²) < 4.78 is 10.4. The van der Waals surface area contributed by atoms with Gasteiger partial charge in [0, 0.05) is 13.1 Å². The van der Waals surface area contributed by atoms with E-state index in [9.17, 15) is 9.90 Å². The Labute approximate surface area is 106 Å². The monoisotopic (exact) mass is 251 g/mol. The van der Waals surface area contributed by atoms with Gasteiger partial charge in [-0.15, -0.1) is 0 Å². The third-order valence-electron chi connectivity index (χ3n) is 2.94. The van der Waals surface area contributed by atoms with Crippen LogP contribution in [0.15, 0.2) is 24.3 Å². The molecule has 5 heteroatoms. The zero-order valence-electron chi connectivity index (χ0n) is 10.3. The van der Waals surface area contributed by atoms with Gasteiger partial charge in [0.15, 0.2) is 6.61 Å². The third-order valence-corrected chi connectivity index (χ3v) is 2.94. The van der Waals surface area contributed by atoms with E-state index in [0.717, 1.165) is 5.75 Å². The van der Waals surface area contributed by atoms with E-state index in [-0.39, 0.29) is 12.5 Å². The van der Waals surface area contributed by atoms with E-state index in [1.807, 2.05) is 0 Å². The molecule has 1 aliphatic heterocycles. The predicted octanol–water partition coefficient (Wildman–Crippen LogP) is 0.667. The number of benzene rings is 1. The fourth-order valence-corrected chi connectivity index (χ4v) is 1.88. The average Bonchev–Trinajstić information content (AvgIpc) is 2.83. The summed E-state index contributed by atoms with van der Waals surface area (Å²) in [5, 5.41) is 9.34. The van der Waals surface area contributed by atoms with Gasteiger partial charge in [-0.25, -0.2) is 0 Å². The zero-order valence-corrected chi connectivity index (χ0v) is 10.3. The van der Waals surface area contributed by atoms with E-state index >= 15 is 0 Å². The molecule has 0 radical (unpaired) electrons. The highest BCUT2D eigenvalue weighted by molar-refractivity contribution is 5.78. The number of aliphatic hydroxyl groups excluding tert-OH is 1. The molecule has 1 amide bonds. The van der Waals surface area contributed by atoms with Crippen LogP contribution in [-0.4, -0.2) is 48.8 Å². The molecule has 1 aliphatic rings. The number of aliphatic hydroxyl groups is 1. The van der Waals surface area contributed by atoms with Crippen LogP contribution in [0.4, 0.5) is 0 Å². The number of hydrogen-bond donors (Lipinski definition) is 1. The van der Waals surface area contributed by atoms with E-state index in [2.05, 4.69) is 0 Å². The number of hydrogen-bond acceptors (Lipinski definition) is 4. The first-order chi connectivity index (χ1) is 8.69. The van der Waals surface area contributed by atoms with Crippen LogP contribution in [0.1, 0.15) is 6.42 Å². The highest BCUT2D eigenvalue weighted by Gasteiger charge is 2.24. The molecule has 5 nitrogen and oxygen atoms in total. The Morgan fingerprint density at radius 3 is 2.61 bits per heavy atom. The second kappa shape index (κ2) is 5.73. The van der Waals surface area contributed by atoms with Crippen LogP contribution < -0.4 is 9.47 Å². The SMILES string of the molecule is COc1ccc(OCC(=O)N2CCC(O)C2)cc1. The number of carbonyl (C=O) groups is 1. The first-order valence-electron chi connectivity index (χ1n) is 5.91. The summed E-state index contributed by atoms with van der Waals surface area (Å²) >= 11 is 0. The highest BCUT2D eigenvalue weighted by atomic mass is 16.5. The summed E-state index contributed by atoms with van der Waals surface area (Å²) in [6, 6.07) is 7.06. The Morgan fingerprint density at radius 2 is 2.06 bits per heavy atom. The number of nitrogens with zero attached hydrogens (tertiary/aromatic N) is 1. The molecular formula is C13H17NO4. The molecule has 1 heterocycles. The fourth-order valence-electron chi connectivity index (χ4n) is 1.88. The fraction of sp³-hybridized carbons (Fsp3) is 0.462. The van der Waals surface area contributed by atoms with Crippen molar-refractivity contribution >= 4 is 5.91 Å². The summed E-state index contributed by atoms with van der Waals surface area (Å²) in [6.07, 6.45) is 0.254. The summed E-state index contributed by atoms with van der Waals surface area (Å²) in [5.41, 5.74) is 0. The van der Waals surface area contributed by atoms with Gasteiger partial charge in [-0.2, -0.15) is 0 Å². The van der Waals surface area contributed by atoms with Crippen LogP contribution in [0.2, 0.25) is 0 Å². The number of β-amino-alcohol motifs (C(OH)–C–C–N with tert-alkyl or cyclic N) is 1. The molecule has 1 aromatic carbocycles. The average molecular weight is 251 g/mol. The number of rotatable bonds is 4. The van der Waals surface area contributed by atoms with Gasteiger partial charge in [-0.05, 0) is 30.7 Å². The quantitative estimate of drug-likeness (QED) is 0.854. The van der Waals surface area contributed by atoms with E-state index in [0.29, 0.717) is 25.3 Å². The first-order valence-corrected chi connectivity index (χ1v) is 5.91.